The lowest BCUT2D eigenvalue weighted by Gasteiger charge is -2.28. The van der Waals surface area contributed by atoms with Crippen LogP contribution < -0.4 is 11.1 Å². The Bertz CT molecular complexity index is 834. The maximum atomic E-state index is 13.2. The standard InChI is InChI=1S/C22H27N3O2/c1-15-8-3-5-10-17(15)19(24-22(23)27)14-21(26)25-13-7-12-20(25)18-11-6-4-9-16(18)2/h3-6,8-11,19-20H,7,12-14H2,1-2H3,(H3,23,24,27). The van der Waals surface area contributed by atoms with Crippen molar-refractivity contribution in [2.24, 2.45) is 5.73 Å². The second-order valence-corrected chi connectivity index (χ2v) is 7.22. The zero-order valence-electron chi connectivity index (χ0n) is 15.9. The van der Waals surface area contributed by atoms with Crippen molar-refractivity contribution in [2.45, 2.75) is 45.2 Å². The summed E-state index contributed by atoms with van der Waals surface area (Å²) in [5.41, 5.74) is 9.74. The van der Waals surface area contributed by atoms with Crippen LogP contribution in [0.2, 0.25) is 0 Å². The maximum absolute atomic E-state index is 13.2. The first-order valence-electron chi connectivity index (χ1n) is 9.44. The Hall–Kier alpha value is -2.82. The molecule has 2 aromatic carbocycles. The number of primary amides is 1. The van der Waals surface area contributed by atoms with Gasteiger partial charge in [0.15, 0.2) is 0 Å². The van der Waals surface area contributed by atoms with Crippen LogP contribution in [-0.2, 0) is 4.79 Å². The van der Waals surface area contributed by atoms with Gasteiger partial charge in [-0.2, -0.15) is 0 Å². The molecule has 1 aliphatic rings. The lowest BCUT2D eigenvalue weighted by Crippen LogP contribution is -2.38. The third-order valence-corrected chi connectivity index (χ3v) is 5.38. The van der Waals surface area contributed by atoms with Crippen LogP contribution in [0.25, 0.3) is 0 Å². The molecule has 3 N–H and O–H groups in total. The van der Waals surface area contributed by atoms with Crippen molar-refractivity contribution in [3.8, 4) is 0 Å². The number of nitrogens with one attached hydrogen (secondary N) is 1. The minimum atomic E-state index is -0.618. The van der Waals surface area contributed by atoms with E-state index in [1.165, 1.54) is 11.1 Å². The number of aryl methyl sites for hydroxylation is 2. The average molecular weight is 365 g/mol. The Morgan fingerprint density at radius 2 is 1.78 bits per heavy atom. The van der Waals surface area contributed by atoms with E-state index in [9.17, 15) is 9.59 Å². The lowest BCUT2D eigenvalue weighted by atomic mass is 9.96. The number of carbonyl (C=O) groups is 2. The van der Waals surface area contributed by atoms with Crippen LogP contribution >= 0.6 is 0 Å². The third-order valence-electron chi connectivity index (χ3n) is 5.38. The molecule has 5 nitrogen and oxygen atoms in total. The minimum Gasteiger partial charge on any atom is -0.352 e. The lowest BCUT2D eigenvalue weighted by molar-refractivity contribution is -0.132. The smallest absolute Gasteiger partial charge is 0.312 e. The van der Waals surface area contributed by atoms with E-state index in [2.05, 4.69) is 24.4 Å². The van der Waals surface area contributed by atoms with Gasteiger partial charge >= 0.3 is 6.03 Å². The molecule has 0 aliphatic carbocycles. The monoisotopic (exact) mass is 365 g/mol. The molecule has 5 heteroatoms. The quantitative estimate of drug-likeness (QED) is 0.846. The van der Waals surface area contributed by atoms with Gasteiger partial charge in [-0.25, -0.2) is 4.79 Å². The molecule has 0 bridgehead atoms. The van der Waals surface area contributed by atoms with Gasteiger partial charge in [-0.05, 0) is 48.9 Å². The van der Waals surface area contributed by atoms with Gasteiger partial charge in [0, 0.05) is 6.54 Å². The first kappa shape index (κ1) is 19.0. The molecule has 27 heavy (non-hydrogen) atoms. The molecule has 1 heterocycles. The normalized spacial score (nSPS) is 17.6. The van der Waals surface area contributed by atoms with Crippen molar-refractivity contribution in [3.63, 3.8) is 0 Å². The number of nitrogens with zero attached hydrogens (tertiary/aromatic N) is 1. The van der Waals surface area contributed by atoms with E-state index >= 15 is 0 Å². The number of hydrogen-bond acceptors (Lipinski definition) is 2. The molecule has 2 atom stereocenters. The van der Waals surface area contributed by atoms with Crippen molar-refractivity contribution in [3.05, 3.63) is 70.8 Å². The van der Waals surface area contributed by atoms with E-state index in [1.54, 1.807) is 0 Å². The van der Waals surface area contributed by atoms with Crippen molar-refractivity contribution in [1.29, 1.82) is 0 Å². The second kappa shape index (κ2) is 8.25. The topological polar surface area (TPSA) is 75.4 Å². The fourth-order valence-corrected chi connectivity index (χ4v) is 4.03. The summed E-state index contributed by atoms with van der Waals surface area (Å²) in [6.45, 7) is 4.80. The molecule has 1 fully saturated rings. The number of urea groups is 1. The van der Waals surface area contributed by atoms with Gasteiger partial charge in [0.2, 0.25) is 5.91 Å². The summed E-state index contributed by atoms with van der Waals surface area (Å²) in [6.07, 6.45) is 2.16. The largest absolute Gasteiger partial charge is 0.352 e. The van der Waals surface area contributed by atoms with Crippen LogP contribution in [0.5, 0.6) is 0 Å². The molecule has 3 rings (SSSR count). The molecule has 0 aromatic heterocycles. The highest BCUT2D eigenvalue weighted by molar-refractivity contribution is 5.79. The summed E-state index contributed by atoms with van der Waals surface area (Å²) in [7, 11) is 0. The first-order valence-corrected chi connectivity index (χ1v) is 9.44. The van der Waals surface area contributed by atoms with Gasteiger partial charge < -0.3 is 16.0 Å². The van der Waals surface area contributed by atoms with E-state index in [-0.39, 0.29) is 18.4 Å². The van der Waals surface area contributed by atoms with Crippen LogP contribution in [0.3, 0.4) is 0 Å². The molecule has 3 amide bonds. The number of carbonyl (C=O) groups excluding carboxylic acids is 2. The third kappa shape index (κ3) is 4.30. The number of nitrogens with two attached hydrogens (primary N) is 1. The SMILES string of the molecule is Cc1ccccc1C(CC(=O)N1CCCC1c1ccccc1C)NC(N)=O. The Morgan fingerprint density at radius 3 is 2.44 bits per heavy atom. The van der Waals surface area contributed by atoms with E-state index < -0.39 is 12.1 Å². The Kier molecular flexibility index (Phi) is 5.79. The van der Waals surface area contributed by atoms with E-state index in [4.69, 9.17) is 5.73 Å². The van der Waals surface area contributed by atoms with E-state index in [0.29, 0.717) is 0 Å². The molecule has 0 spiro atoms. The molecule has 1 saturated heterocycles. The van der Waals surface area contributed by atoms with Crippen molar-refractivity contribution in [2.75, 3.05) is 6.54 Å². The zero-order valence-corrected chi connectivity index (χ0v) is 15.9. The molecular formula is C22H27N3O2. The number of benzene rings is 2. The molecule has 0 saturated carbocycles. The summed E-state index contributed by atoms with van der Waals surface area (Å²) in [4.78, 5) is 26.6. The minimum absolute atomic E-state index is 0.0442. The maximum Gasteiger partial charge on any atom is 0.312 e. The second-order valence-electron chi connectivity index (χ2n) is 7.22. The van der Waals surface area contributed by atoms with Crippen LogP contribution in [0.1, 0.15) is 53.6 Å². The van der Waals surface area contributed by atoms with Crippen LogP contribution in [-0.4, -0.2) is 23.4 Å². The molecular weight excluding hydrogens is 338 g/mol. The molecule has 2 unspecified atom stereocenters. The van der Waals surface area contributed by atoms with Crippen molar-refractivity contribution < 1.29 is 9.59 Å². The highest BCUT2D eigenvalue weighted by atomic mass is 16.2. The van der Waals surface area contributed by atoms with Crippen molar-refractivity contribution >= 4 is 11.9 Å². The van der Waals surface area contributed by atoms with Crippen LogP contribution in [0.15, 0.2) is 48.5 Å². The van der Waals surface area contributed by atoms with Crippen LogP contribution in [0.4, 0.5) is 4.79 Å². The summed E-state index contributed by atoms with van der Waals surface area (Å²) >= 11 is 0. The Morgan fingerprint density at radius 1 is 1.11 bits per heavy atom. The summed E-state index contributed by atoms with van der Waals surface area (Å²) < 4.78 is 0. The fourth-order valence-electron chi connectivity index (χ4n) is 4.03. The van der Waals surface area contributed by atoms with E-state index in [1.807, 2.05) is 48.2 Å². The summed E-state index contributed by atoms with van der Waals surface area (Å²) in [5.74, 6) is 0.0442. The van der Waals surface area contributed by atoms with Gasteiger partial charge in [0.25, 0.3) is 0 Å². The van der Waals surface area contributed by atoms with E-state index in [0.717, 1.165) is 30.5 Å². The van der Waals surface area contributed by atoms with Gasteiger partial charge in [0.05, 0.1) is 18.5 Å². The van der Waals surface area contributed by atoms with Crippen molar-refractivity contribution in [1.82, 2.24) is 10.2 Å². The highest BCUT2D eigenvalue weighted by Crippen LogP contribution is 2.35. The highest BCUT2D eigenvalue weighted by Gasteiger charge is 2.32. The van der Waals surface area contributed by atoms with Gasteiger partial charge in [-0.15, -0.1) is 0 Å². The average Bonchev–Trinajstić information content (AvgIpc) is 3.11. The Labute approximate surface area is 160 Å². The first-order chi connectivity index (χ1) is 13.0. The molecule has 1 aliphatic heterocycles. The molecule has 2 aromatic rings. The number of rotatable bonds is 5. The molecule has 142 valence electrons. The zero-order chi connectivity index (χ0) is 19.4. The predicted molar refractivity (Wildman–Crippen MR) is 106 cm³/mol. The van der Waals surface area contributed by atoms with Gasteiger partial charge in [0.1, 0.15) is 0 Å². The Balaban J connectivity index is 1.82. The van der Waals surface area contributed by atoms with Gasteiger partial charge in [-0.3, -0.25) is 4.79 Å². The summed E-state index contributed by atoms with van der Waals surface area (Å²) in [5, 5.41) is 2.75. The molecule has 0 radical (unpaired) electrons. The van der Waals surface area contributed by atoms with Crippen LogP contribution in [0, 0.1) is 13.8 Å². The summed E-state index contributed by atoms with van der Waals surface area (Å²) in [6, 6.07) is 15.1. The predicted octanol–water partition coefficient (Wildman–Crippen LogP) is 3.77. The number of likely N-dealkylation sites (tertiary alicyclic amines) is 1. The fraction of sp³-hybridized carbons (Fsp3) is 0.364. The number of amides is 3. The van der Waals surface area contributed by atoms with Gasteiger partial charge in [-0.1, -0.05) is 48.5 Å². The number of hydrogen-bond donors (Lipinski definition) is 2.